The van der Waals surface area contributed by atoms with E-state index in [2.05, 4.69) is 17.1 Å². The van der Waals surface area contributed by atoms with E-state index in [4.69, 9.17) is 5.11 Å². The molecule has 3 nitrogen and oxygen atoms in total. The highest BCUT2D eigenvalue weighted by atomic mass is 16.3. The smallest absolute Gasteiger partial charge is 0.0443 e. The van der Waals surface area contributed by atoms with Crippen molar-refractivity contribution in [3.63, 3.8) is 0 Å². The van der Waals surface area contributed by atoms with Gasteiger partial charge in [-0.2, -0.15) is 0 Å². The van der Waals surface area contributed by atoms with E-state index >= 15 is 0 Å². The Bertz CT molecular complexity index is 241. The molecule has 0 aromatic heterocycles. The third-order valence-electron chi connectivity index (χ3n) is 5.00. The van der Waals surface area contributed by atoms with Crippen LogP contribution in [0.15, 0.2) is 0 Å². The van der Waals surface area contributed by atoms with E-state index in [1.807, 2.05) is 0 Å². The first-order chi connectivity index (χ1) is 9.33. The van der Waals surface area contributed by atoms with E-state index in [1.54, 1.807) is 0 Å². The maximum absolute atomic E-state index is 8.90. The standard InChI is InChI=1S/C16H32N2O/c1-2-14-11-15(17-9-6-10-19)13-18(12-14)16-7-4-3-5-8-16/h14-17,19H,2-13H2,1H3. The van der Waals surface area contributed by atoms with Crippen molar-refractivity contribution in [1.29, 1.82) is 0 Å². The molecule has 1 aliphatic carbocycles. The van der Waals surface area contributed by atoms with Crippen molar-refractivity contribution in [2.75, 3.05) is 26.2 Å². The van der Waals surface area contributed by atoms with Gasteiger partial charge >= 0.3 is 0 Å². The van der Waals surface area contributed by atoms with Crippen molar-refractivity contribution in [2.24, 2.45) is 5.92 Å². The summed E-state index contributed by atoms with van der Waals surface area (Å²) in [4.78, 5) is 2.77. The van der Waals surface area contributed by atoms with Gasteiger partial charge in [0.2, 0.25) is 0 Å². The average molecular weight is 268 g/mol. The van der Waals surface area contributed by atoms with E-state index in [1.165, 1.54) is 58.0 Å². The highest BCUT2D eigenvalue weighted by Gasteiger charge is 2.30. The molecule has 2 N–H and O–H groups in total. The van der Waals surface area contributed by atoms with Gasteiger partial charge in [0.1, 0.15) is 0 Å². The predicted octanol–water partition coefficient (Wildman–Crippen LogP) is 2.39. The molecule has 3 heteroatoms. The number of hydrogen-bond donors (Lipinski definition) is 2. The molecule has 1 saturated heterocycles. The van der Waals surface area contributed by atoms with Crippen LogP contribution in [0.5, 0.6) is 0 Å². The number of aliphatic hydroxyl groups excluding tert-OH is 1. The second-order valence-electron chi connectivity index (χ2n) is 6.48. The fraction of sp³-hybridized carbons (Fsp3) is 1.00. The van der Waals surface area contributed by atoms with E-state index < -0.39 is 0 Å². The second-order valence-corrected chi connectivity index (χ2v) is 6.48. The van der Waals surface area contributed by atoms with Crippen molar-refractivity contribution in [3.05, 3.63) is 0 Å². The molecule has 19 heavy (non-hydrogen) atoms. The van der Waals surface area contributed by atoms with Gasteiger partial charge in [-0.25, -0.2) is 0 Å². The molecule has 0 spiro atoms. The normalized spacial score (nSPS) is 30.6. The second kappa shape index (κ2) is 8.23. The molecule has 1 heterocycles. The van der Waals surface area contributed by atoms with Gasteiger partial charge in [-0.3, -0.25) is 4.90 Å². The number of hydrogen-bond acceptors (Lipinski definition) is 3. The molecule has 1 saturated carbocycles. The third kappa shape index (κ3) is 4.73. The average Bonchev–Trinajstić information content (AvgIpc) is 2.48. The van der Waals surface area contributed by atoms with Crippen molar-refractivity contribution >= 4 is 0 Å². The molecule has 0 bridgehead atoms. The van der Waals surface area contributed by atoms with Crippen LogP contribution in [0.2, 0.25) is 0 Å². The first kappa shape index (κ1) is 15.3. The number of rotatable bonds is 6. The molecule has 2 atom stereocenters. The van der Waals surface area contributed by atoms with Crippen LogP contribution in [-0.4, -0.2) is 48.3 Å². The van der Waals surface area contributed by atoms with Crippen molar-refractivity contribution in [2.45, 2.75) is 70.4 Å². The van der Waals surface area contributed by atoms with Crippen LogP contribution in [0.4, 0.5) is 0 Å². The number of piperidine rings is 1. The minimum Gasteiger partial charge on any atom is -0.396 e. The number of nitrogens with one attached hydrogen (secondary N) is 1. The van der Waals surface area contributed by atoms with Crippen LogP contribution in [0.1, 0.15) is 58.3 Å². The minimum atomic E-state index is 0.309. The predicted molar refractivity (Wildman–Crippen MR) is 80.3 cm³/mol. The molecule has 112 valence electrons. The largest absolute Gasteiger partial charge is 0.396 e. The highest BCUT2D eigenvalue weighted by molar-refractivity contribution is 4.87. The van der Waals surface area contributed by atoms with Gasteiger partial charge in [-0.05, 0) is 38.1 Å². The zero-order chi connectivity index (χ0) is 13.5. The Morgan fingerprint density at radius 2 is 1.95 bits per heavy atom. The molecule has 0 aromatic carbocycles. The minimum absolute atomic E-state index is 0.309. The lowest BCUT2D eigenvalue weighted by molar-refractivity contribution is 0.0758. The van der Waals surface area contributed by atoms with Crippen LogP contribution >= 0.6 is 0 Å². The SMILES string of the molecule is CCC1CC(NCCCO)CN(C2CCCCC2)C1. The molecule has 0 amide bonds. The van der Waals surface area contributed by atoms with Gasteiger partial charge in [0, 0.05) is 31.8 Å². The monoisotopic (exact) mass is 268 g/mol. The summed E-state index contributed by atoms with van der Waals surface area (Å²) in [5.41, 5.74) is 0. The van der Waals surface area contributed by atoms with Gasteiger partial charge in [0.15, 0.2) is 0 Å². The van der Waals surface area contributed by atoms with Gasteiger partial charge in [-0.1, -0.05) is 32.6 Å². The Balaban J connectivity index is 1.83. The summed E-state index contributed by atoms with van der Waals surface area (Å²) in [6.07, 6.45) is 10.7. The molecule has 1 aliphatic heterocycles. The molecule has 2 fully saturated rings. The molecular weight excluding hydrogens is 236 g/mol. The van der Waals surface area contributed by atoms with Crippen molar-refractivity contribution in [3.8, 4) is 0 Å². The van der Waals surface area contributed by atoms with Crippen LogP contribution in [0, 0.1) is 5.92 Å². The van der Waals surface area contributed by atoms with Crippen molar-refractivity contribution in [1.82, 2.24) is 10.2 Å². The first-order valence-corrected chi connectivity index (χ1v) is 8.41. The lowest BCUT2D eigenvalue weighted by Gasteiger charge is -2.43. The number of aliphatic hydroxyl groups is 1. The summed E-state index contributed by atoms with van der Waals surface area (Å²) in [6.45, 7) is 6.16. The molecular formula is C16H32N2O. The lowest BCUT2D eigenvalue weighted by atomic mass is 9.87. The fourth-order valence-corrected chi connectivity index (χ4v) is 3.81. The highest BCUT2D eigenvalue weighted by Crippen LogP contribution is 2.28. The zero-order valence-electron chi connectivity index (χ0n) is 12.6. The molecule has 0 aromatic rings. The fourth-order valence-electron chi connectivity index (χ4n) is 3.81. The number of likely N-dealkylation sites (tertiary alicyclic amines) is 1. The summed E-state index contributed by atoms with van der Waals surface area (Å²) >= 11 is 0. The summed E-state index contributed by atoms with van der Waals surface area (Å²) in [5, 5.41) is 12.6. The molecule has 2 aliphatic rings. The summed E-state index contributed by atoms with van der Waals surface area (Å²) in [5.74, 6) is 0.863. The topological polar surface area (TPSA) is 35.5 Å². The van der Waals surface area contributed by atoms with Crippen LogP contribution in [0.25, 0.3) is 0 Å². The Labute approximate surface area is 118 Å². The Morgan fingerprint density at radius 1 is 1.16 bits per heavy atom. The van der Waals surface area contributed by atoms with E-state index in [0.29, 0.717) is 12.6 Å². The lowest BCUT2D eigenvalue weighted by Crippen LogP contribution is -2.53. The van der Waals surface area contributed by atoms with Gasteiger partial charge in [0.25, 0.3) is 0 Å². The van der Waals surface area contributed by atoms with Gasteiger partial charge < -0.3 is 10.4 Å². The third-order valence-corrected chi connectivity index (χ3v) is 5.00. The molecule has 2 unspecified atom stereocenters. The maximum atomic E-state index is 8.90. The van der Waals surface area contributed by atoms with E-state index in [-0.39, 0.29) is 0 Å². The van der Waals surface area contributed by atoms with Crippen LogP contribution < -0.4 is 5.32 Å². The van der Waals surface area contributed by atoms with Gasteiger partial charge in [0.05, 0.1) is 0 Å². The summed E-state index contributed by atoms with van der Waals surface area (Å²) in [6, 6.07) is 1.50. The summed E-state index contributed by atoms with van der Waals surface area (Å²) < 4.78 is 0. The molecule has 0 radical (unpaired) electrons. The zero-order valence-corrected chi connectivity index (χ0v) is 12.6. The van der Waals surface area contributed by atoms with Crippen molar-refractivity contribution < 1.29 is 5.11 Å². The van der Waals surface area contributed by atoms with E-state index in [9.17, 15) is 0 Å². The summed E-state index contributed by atoms with van der Waals surface area (Å²) in [7, 11) is 0. The molecule has 2 rings (SSSR count). The Morgan fingerprint density at radius 3 is 2.63 bits per heavy atom. The quantitative estimate of drug-likeness (QED) is 0.726. The van der Waals surface area contributed by atoms with Crippen LogP contribution in [-0.2, 0) is 0 Å². The van der Waals surface area contributed by atoms with E-state index in [0.717, 1.165) is 24.9 Å². The Kier molecular flexibility index (Phi) is 6.62. The number of nitrogens with zero attached hydrogens (tertiary/aromatic N) is 1. The van der Waals surface area contributed by atoms with Gasteiger partial charge in [-0.15, -0.1) is 0 Å². The Hall–Kier alpha value is -0.120. The van der Waals surface area contributed by atoms with Crippen LogP contribution in [0.3, 0.4) is 0 Å². The first-order valence-electron chi connectivity index (χ1n) is 8.41. The maximum Gasteiger partial charge on any atom is 0.0443 e.